The average molecular weight is 304 g/mol. The maximum Gasteiger partial charge on any atom is 0.332 e. The van der Waals surface area contributed by atoms with Crippen molar-refractivity contribution in [2.45, 2.75) is 18.4 Å². The molecule has 0 spiro atoms. The predicted octanol–water partition coefficient (Wildman–Crippen LogP) is 0.435. The Kier molecular flexibility index (Phi) is 3.53. The van der Waals surface area contributed by atoms with Gasteiger partial charge in [0.2, 0.25) is 0 Å². The molecule has 1 saturated heterocycles. The van der Waals surface area contributed by atoms with Crippen LogP contribution in [0.4, 0.5) is 0 Å². The van der Waals surface area contributed by atoms with Crippen LogP contribution < -0.4 is 0 Å². The van der Waals surface area contributed by atoms with Crippen LogP contribution in [0.1, 0.15) is 23.3 Å². The molecular formula is C14H16N4O4. The number of methoxy groups -OCH3 is 1. The predicted molar refractivity (Wildman–Crippen MR) is 75.5 cm³/mol. The maximum atomic E-state index is 12.8. The monoisotopic (exact) mass is 304 g/mol. The molecule has 0 aliphatic carbocycles. The third-order valence-electron chi connectivity index (χ3n) is 4.03. The standard InChI is InChI=1S/C14H16N4O4/c1-22-9-14(13(20)21)3-2-6-18(14)12(19)10-11-16-5-8-17(11)7-4-15-10/h4-5,7-8H,2-3,6,9H2,1H3,(H,20,21). The lowest BCUT2D eigenvalue weighted by Crippen LogP contribution is -2.56. The van der Waals surface area contributed by atoms with Gasteiger partial charge in [-0.15, -0.1) is 0 Å². The minimum Gasteiger partial charge on any atom is -0.479 e. The van der Waals surface area contributed by atoms with Crippen LogP contribution in [0, 0.1) is 0 Å². The van der Waals surface area contributed by atoms with Crippen molar-refractivity contribution in [1.82, 2.24) is 19.3 Å². The number of carbonyl (C=O) groups excluding carboxylic acids is 1. The molecule has 0 bridgehead atoms. The van der Waals surface area contributed by atoms with E-state index < -0.39 is 17.4 Å². The number of aromatic nitrogens is 3. The number of carboxylic acids is 1. The van der Waals surface area contributed by atoms with Crippen molar-refractivity contribution in [3.8, 4) is 0 Å². The maximum absolute atomic E-state index is 12.8. The molecule has 3 heterocycles. The molecule has 1 unspecified atom stereocenters. The Balaban J connectivity index is 2.03. The number of carboxylic acid groups (broad SMARTS) is 1. The summed E-state index contributed by atoms with van der Waals surface area (Å²) in [7, 11) is 1.43. The quantitative estimate of drug-likeness (QED) is 0.880. The molecule has 1 aliphatic heterocycles. The van der Waals surface area contributed by atoms with Gasteiger partial charge >= 0.3 is 5.97 Å². The fraction of sp³-hybridized carbons (Fsp3) is 0.429. The van der Waals surface area contributed by atoms with E-state index in [4.69, 9.17) is 4.74 Å². The molecule has 1 aliphatic rings. The molecule has 8 heteroatoms. The number of amides is 1. The molecule has 2 aromatic heterocycles. The van der Waals surface area contributed by atoms with Crippen LogP contribution in [0.2, 0.25) is 0 Å². The smallest absolute Gasteiger partial charge is 0.332 e. The van der Waals surface area contributed by atoms with Crippen molar-refractivity contribution in [2.75, 3.05) is 20.3 Å². The summed E-state index contributed by atoms with van der Waals surface area (Å²) in [5.41, 5.74) is -0.778. The molecule has 1 amide bonds. The first-order valence-corrected chi connectivity index (χ1v) is 6.92. The number of aliphatic carboxylic acids is 1. The Morgan fingerprint density at radius 3 is 2.77 bits per heavy atom. The first-order valence-electron chi connectivity index (χ1n) is 6.92. The number of imidazole rings is 1. The van der Waals surface area contributed by atoms with E-state index >= 15 is 0 Å². The minimum absolute atomic E-state index is 0.0500. The second kappa shape index (κ2) is 5.38. The van der Waals surface area contributed by atoms with Gasteiger partial charge in [0.1, 0.15) is 0 Å². The number of ether oxygens (including phenoxy) is 1. The summed E-state index contributed by atoms with van der Waals surface area (Å²) in [6.07, 6.45) is 7.42. The van der Waals surface area contributed by atoms with Crippen LogP contribution >= 0.6 is 0 Å². The molecule has 8 nitrogen and oxygen atoms in total. The molecule has 0 radical (unpaired) electrons. The van der Waals surface area contributed by atoms with E-state index in [2.05, 4.69) is 9.97 Å². The number of hydrogen-bond acceptors (Lipinski definition) is 5. The van der Waals surface area contributed by atoms with Crippen molar-refractivity contribution in [1.29, 1.82) is 0 Å². The van der Waals surface area contributed by atoms with E-state index in [1.807, 2.05) is 0 Å². The van der Waals surface area contributed by atoms with Crippen LogP contribution in [0.15, 0.2) is 24.8 Å². The van der Waals surface area contributed by atoms with E-state index in [-0.39, 0.29) is 12.3 Å². The van der Waals surface area contributed by atoms with E-state index in [1.54, 1.807) is 23.0 Å². The molecule has 2 aromatic rings. The first-order chi connectivity index (χ1) is 10.6. The van der Waals surface area contributed by atoms with Gasteiger partial charge in [-0.25, -0.2) is 14.8 Å². The third-order valence-corrected chi connectivity index (χ3v) is 4.03. The summed E-state index contributed by atoms with van der Waals surface area (Å²) in [5, 5.41) is 9.62. The minimum atomic E-state index is -1.34. The first kappa shape index (κ1) is 14.5. The van der Waals surface area contributed by atoms with Crippen molar-refractivity contribution in [3.05, 3.63) is 30.5 Å². The third kappa shape index (κ3) is 2.03. The SMILES string of the molecule is COCC1(C(=O)O)CCCN1C(=O)c1nccn2ccnc12. The van der Waals surface area contributed by atoms with Crippen LogP contribution in [-0.4, -0.2) is 62.1 Å². The molecule has 0 aromatic carbocycles. The Morgan fingerprint density at radius 2 is 2.09 bits per heavy atom. The lowest BCUT2D eigenvalue weighted by atomic mass is 9.97. The lowest BCUT2D eigenvalue weighted by molar-refractivity contribution is -0.151. The summed E-state index contributed by atoms with van der Waals surface area (Å²) in [5.74, 6) is -1.50. The highest BCUT2D eigenvalue weighted by Crippen LogP contribution is 2.31. The highest BCUT2D eigenvalue weighted by atomic mass is 16.5. The van der Waals surface area contributed by atoms with E-state index in [9.17, 15) is 14.7 Å². The van der Waals surface area contributed by atoms with Gasteiger partial charge in [0, 0.05) is 38.4 Å². The highest BCUT2D eigenvalue weighted by molar-refractivity contribution is 6.01. The van der Waals surface area contributed by atoms with Crippen molar-refractivity contribution in [2.24, 2.45) is 0 Å². The number of likely N-dealkylation sites (tertiary alicyclic amines) is 1. The van der Waals surface area contributed by atoms with Gasteiger partial charge < -0.3 is 19.1 Å². The van der Waals surface area contributed by atoms with Gasteiger partial charge in [0.25, 0.3) is 5.91 Å². The zero-order valence-electron chi connectivity index (χ0n) is 12.1. The van der Waals surface area contributed by atoms with Gasteiger partial charge in [-0.3, -0.25) is 4.79 Å². The lowest BCUT2D eigenvalue weighted by Gasteiger charge is -2.33. The second-order valence-electron chi connectivity index (χ2n) is 5.26. The van der Waals surface area contributed by atoms with Crippen molar-refractivity contribution >= 4 is 17.5 Å². The van der Waals surface area contributed by atoms with Crippen LogP contribution in [0.3, 0.4) is 0 Å². The normalized spacial score (nSPS) is 21.4. The van der Waals surface area contributed by atoms with Gasteiger partial charge in [-0.2, -0.15) is 0 Å². The molecule has 0 saturated carbocycles. The largest absolute Gasteiger partial charge is 0.479 e. The highest BCUT2D eigenvalue weighted by Gasteiger charge is 2.51. The van der Waals surface area contributed by atoms with Gasteiger partial charge in [0.15, 0.2) is 16.9 Å². The summed E-state index contributed by atoms with van der Waals surface area (Å²) < 4.78 is 6.74. The fourth-order valence-electron chi connectivity index (χ4n) is 2.98. The van der Waals surface area contributed by atoms with Crippen molar-refractivity contribution < 1.29 is 19.4 Å². The number of carbonyl (C=O) groups is 2. The summed E-state index contributed by atoms with van der Waals surface area (Å²) in [6.45, 7) is 0.309. The molecule has 3 rings (SSSR count). The number of fused-ring (bicyclic) bond motifs is 1. The summed E-state index contributed by atoms with van der Waals surface area (Å²) in [6, 6.07) is 0. The molecular weight excluding hydrogens is 288 g/mol. The average Bonchev–Trinajstić information content (AvgIpc) is 3.13. The number of rotatable bonds is 4. The van der Waals surface area contributed by atoms with E-state index in [1.165, 1.54) is 18.2 Å². The number of nitrogens with zero attached hydrogens (tertiary/aromatic N) is 4. The summed E-state index contributed by atoms with van der Waals surface area (Å²) in [4.78, 5) is 34.2. The topological polar surface area (TPSA) is 97.0 Å². The Morgan fingerprint density at radius 1 is 1.36 bits per heavy atom. The zero-order chi connectivity index (χ0) is 15.7. The zero-order valence-corrected chi connectivity index (χ0v) is 12.1. The van der Waals surface area contributed by atoms with Crippen molar-refractivity contribution in [3.63, 3.8) is 0 Å². The molecule has 22 heavy (non-hydrogen) atoms. The van der Waals surface area contributed by atoms with Gasteiger partial charge in [0.05, 0.1) is 6.61 Å². The molecule has 116 valence electrons. The Hall–Kier alpha value is -2.48. The van der Waals surface area contributed by atoms with Gasteiger partial charge in [-0.1, -0.05) is 0 Å². The van der Waals surface area contributed by atoms with Crippen LogP contribution in [-0.2, 0) is 9.53 Å². The number of hydrogen-bond donors (Lipinski definition) is 1. The summed E-state index contributed by atoms with van der Waals surface area (Å²) >= 11 is 0. The molecule has 1 N–H and O–H groups in total. The molecule has 1 atom stereocenters. The Bertz CT molecular complexity index is 728. The van der Waals surface area contributed by atoms with E-state index in [0.717, 1.165) is 0 Å². The van der Waals surface area contributed by atoms with Gasteiger partial charge in [-0.05, 0) is 12.8 Å². The second-order valence-corrected chi connectivity index (χ2v) is 5.26. The van der Waals surface area contributed by atoms with Crippen LogP contribution in [0.25, 0.3) is 5.65 Å². The Labute approximate surface area is 126 Å². The van der Waals surface area contributed by atoms with Crippen LogP contribution in [0.5, 0.6) is 0 Å². The molecule has 1 fully saturated rings. The fourth-order valence-corrected chi connectivity index (χ4v) is 2.98. The van der Waals surface area contributed by atoms with E-state index in [0.29, 0.717) is 25.0 Å².